The van der Waals surface area contributed by atoms with E-state index < -0.39 is 0 Å². The molecule has 0 aromatic carbocycles. The summed E-state index contributed by atoms with van der Waals surface area (Å²) in [6.07, 6.45) is 11.6. The van der Waals surface area contributed by atoms with Gasteiger partial charge in [0.25, 0.3) is 0 Å². The van der Waals surface area contributed by atoms with Crippen LogP contribution < -0.4 is 0 Å². The highest BCUT2D eigenvalue weighted by molar-refractivity contribution is 6.10. The zero-order chi connectivity index (χ0) is 13.1. The molecule has 0 radical (unpaired) electrons. The molecule has 0 rings (SSSR count). The molecule has 0 aromatic rings. The molecule has 0 aromatic heterocycles. The molecule has 0 atom stereocenters. The molecule has 0 N–H and O–H groups in total. The molecule has 0 saturated heterocycles. The van der Waals surface area contributed by atoms with Crippen LogP contribution in [0.2, 0.25) is 0 Å². The Kier molecular flexibility index (Phi) is 8.21. The van der Waals surface area contributed by atoms with Gasteiger partial charge in [0, 0.05) is 31.0 Å². The van der Waals surface area contributed by atoms with Crippen LogP contribution in [-0.2, 0) is 0 Å². The number of aliphatic imine (C=N–C) groups is 2. The average molecular weight is 228 g/mol. The molecule has 0 saturated carbocycles. The summed E-state index contributed by atoms with van der Waals surface area (Å²) in [5.41, 5.74) is 2.61. The van der Waals surface area contributed by atoms with Gasteiger partial charge in [0.2, 0.25) is 0 Å². The summed E-state index contributed by atoms with van der Waals surface area (Å²) in [5, 5.41) is 0. The largest absolute Gasteiger partial charge is 0.288 e. The summed E-state index contributed by atoms with van der Waals surface area (Å²) < 4.78 is 0. The minimum atomic E-state index is 0.701. The third kappa shape index (κ3) is 5.61. The molecular formula is C15H20N2. The van der Waals surface area contributed by atoms with Gasteiger partial charge in [-0.15, -0.1) is 6.58 Å². The van der Waals surface area contributed by atoms with E-state index >= 15 is 0 Å². The molecule has 0 aliphatic heterocycles. The zero-order valence-electron chi connectivity index (χ0n) is 10.7. The van der Waals surface area contributed by atoms with Gasteiger partial charge in [-0.2, -0.15) is 0 Å². The number of nitrogens with zero attached hydrogens (tertiary/aromatic N) is 2. The van der Waals surface area contributed by atoms with Crippen molar-refractivity contribution < 1.29 is 0 Å². The van der Waals surface area contributed by atoms with Gasteiger partial charge < -0.3 is 0 Å². The van der Waals surface area contributed by atoms with Crippen molar-refractivity contribution in [1.29, 1.82) is 0 Å². The zero-order valence-corrected chi connectivity index (χ0v) is 10.7. The smallest absolute Gasteiger partial charge is 0.0655 e. The highest BCUT2D eigenvalue weighted by Gasteiger charge is 1.97. The van der Waals surface area contributed by atoms with Crippen LogP contribution in [0.5, 0.6) is 0 Å². The second-order valence-electron chi connectivity index (χ2n) is 3.21. The normalized spacial score (nSPS) is 13.9. The number of hydrogen-bond donors (Lipinski definition) is 0. The van der Waals surface area contributed by atoms with Gasteiger partial charge in [0.15, 0.2) is 0 Å². The first-order chi connectivity index (χ1) is 8.23. The number of hydrogen-bond acceptors (Lipinski definition) is 2. The highest BCUT2D eigenvalue weighted by atomic mass is 14.7. The fraction of sp³-hybridized carbons (Fsp3) is 0.200. The summed E-state index contributed by atoms with van der Waals surface area (Å²) in [4.78, 5) is 8.51. The van der Waals surface area contributed by atoms with E-state index in [1.807, 2.05) is 19.1 Å². The van der Waals surface area contributed by atoms with Crippen molar-refractivity contribution in [1.82, 2.24) is 0 Å². The van der Waals surface area contributed by atoms with E-state index in [2.05, 4.69) is 29.7 Å². The second kappa shape index (κ2) is 9.28. The van der Waals surface area contributed by atoms with Crippen LogP contribution in [0.15, 0.2) is 71.9 Å². The molecule has 0 heterocycles. The minimum absolute atomic E-state index is 0.701. The minimum Gasteiger partial charge on any atom is -0.288 e. The lowest BCUT2D eigenvalue weighted by atomic mass is 10.1. The van der Waals surface area contributed by atoms with Gasteiger partial charge in [-0.3, -0.25) is 9.98 Å². The van der Waals surface area contributed by atoms with Crippen LogP contribution in [0, 0.1) is 0 Å². The Bertz CT molecular complexity index is 393. The van der Waals surface area contributed by atoms with Gasteiger partial charge in [0.1, 0.15) is 0 Å². The van der Waals surface area contributed by atoms with Crippen LogP contribution in [-0.4, -0.2) is 18.5 Å². The third-order valence-electron chi connectivity index (χ3n) is 2.04. The predicted molar refractivity (Wildman–Crippen MR) is 78.9 cm³/mol. The molecule has 0 spiro atoms. The molecule has 2 nitrogen and oxygen atoms in total. The van der Waals surface area contributed by atoms with Crippen LogP contribution in [0.25, 0.3) is 0 Å². The van der Waals surface area contributed by atoms with Crippen molar-refractivity contribution in [2.45, 2.75) is 13.3 Å². The van der Waals surface area contributed by atoms with E-state index in [0.29, 0.717) is 6.42 Å². The maximum absolute atomic E-state index is 4.33. The van der Waals surface area contributed by atoms with Gasteiger partial charge in [-0.05, 0) is 19.1 Å². The lowest BCUT2D eigenvalue weighted by molar-refractivity contribution is 1.40. The van der Waals surface area contributed by atoms with Gasteiger partial charge in [0.05, 0.1) is 5.71 Å². The molecular weight excluding hydrogens is 208 g/mol. The molecule has 17 heavy (non-hydrogen) atoms. The molecule has 0 unspecified atom stereocenters. The molecule has 0 amide bonds. The Morgan fingerprint density at radius 1 is 1.18 bits per heavy atom. The highest BCUT2D eigenvalue weighted by Crippen LogP contribution is 2.03. The van der Waals surface area contributed by atoms with Crippen LogP contribution in [0.4, 0.5) is 0 Å². The summed E-state index contributed by atoms with van der Waals surface area (Å²) >= 11 is 0. The molecule has 0 aliphatic rings. The van der Waals surface area contributed by atoms with Crippen LogP contribution >= 0.6 is 0 Å². The maximum atomic E-state index is 4.33. The van der Waals surface area contributed by atoms with E-state index in [1.165, 1.54) is 0 Å². The number of rotatable bonds is 7. The van der Waals surface area contributed by atoms with E-state index in [4.69, 9.17) is 0 Å². The first-order valence-electron chi connectivity index (χ1n) is 5.45. The molecule has 0 bridgehead atoms. The Morgan fingerprint density at radius 3 is 2.29 bits per heavy atom. The Balaban J connectivity index is 5.17. The van der Waals surface area contributed by atoms with Crippen molar-refractivity contribution in [3.05, 3.63) is 61.9 Å². The molecule has 0 aliphatic carbocycles. The standard InChI is InChI=1S/C15H20N2/c1-6-10-14(9-4)17-12-13(8-3)15(16-5)11-7-2/h6-9,11-12H,1,3-4,10H2,2,5H3/b11-7-,13-12+,16-15?,17-14?. The SMILES string of the molecule is C=CCC(C=C)=N/C=C(\C=C)C(/C=C\C)=NC. The summed E-state index contributed by atoms with van der Waals surface area (Å²) in [6, 6.07) is 0. The lowest BCUT2D eigenvalue weighted by Gasteiger charge is -2.00. The predicted octanol–water partition coefficient (Wildman–Crippen LogP) is 3.91. The van der Waals surface area contributed by atoms with Crippen molar-refractivity contribution in [2.24, 2.45) is 9.98 Å². The Morgan fingerprint density at radius 2 is 1.88 bits per heavy atom. The van der Waals surface area contributed by atoms with Crippen molar-refractivity contribution in [2.75, 3.05) is 7.05 Å². The van der Waals surface area contributed by atoms with Crippen LogP contribution in [0.3, 0.4) is 0 Å². The quantitative estimate of drug-likeness (QED) is 0.358. The van der Waals surface area contributed by atoms with E-state index in [0.717, 1.165) is 17.0 Å². The summed E-state index contributed by atoms with van der Waals surface area (Å²) in [7, 11) is 1.74. The van der Waals surface area contributed by atoms with Crippen molar-refractivity contribution >= 4 is 11.4 Å². The first kappa shape index (κ1) is 15.0. The molecule has 90 valence electrons. The Hall–Kier alpha value is -1.96. The lowest BCUT2D eigenvalue weighted by Crippen LogP contribution is -1.97. The summed E-state index contributed by atoms with van der Waals surface area (Å²) in [5.74, 6) is 0. The maximum Gasteiger partial charge on any atom is 0.0655 e. The molecule has 0 fully saturated rings. The molecule has 2 heteroatoms. The van der Waals surface area contributed by atoms with E-state index in [1.54, 1.807) is 31.5 Å². The monoisotopic (exact) mass is 228 g/mol. The first-order valence-corrected chi connectivity index (χ1v) is 5.45. The topological polar surface area (TPSA) is 24.7 Å². The van der Waals surface area contributed by atoms with E-state index in [9.17, 15) is 0 Å². The number of allylic oxidation sites excluding steroid dienone is 6. The third-order valence-corrected chi connectivity index (χ3v) is 2.04. The fourth-order valence-corrected chi connectivity index (χ4v) is 1.17. The fourth-order valence-electron chi connectivity index (χ4n) is 1.17. The van der Waals surface area contributed by atoms with Gasteiger partial charge in [-0.1, -0.05) is 31.4 Å². The van der Waals surface area contributed by atoms with Crippen molar-refractivity contribution in [3.63, 3.8) is 0 Å². The van der Waals surface area contributed by atoms with Crippen LogP contribution in [0.1, 0.15) is 13.3 Å². The van der Waals surface area contributed by atoms with Gasteiger partial charge in [-0.25, -0.2) is 0 Å². The average Bonchev–Trinajstić information content (AvgIpc) is 2.36. The Labute approximate surface area is 104 Å². The van der Waals surface area contributed by atoms with Gasteiger partial charge >= 0.3 is 0 Å². The van der Waals surface area contributed by atoms with Crippen molar-refractivity contribution in [3.8, 4) is 0 Å². The second-order valence-corrected chi connectivity index (χ2v) is 3.21. The van der Waals surface area contributed by atoms with E-state index in [-0.39, 0.29) is 0 Å². The summed E-state index contributed by atoms with van der Waals surface area (Å²) in [6.45, 7) is 13.1.